The monoisotopic (exact) mass is 908 g/mol. The van der Waals surface area contributed by atoms with Gasteiger partial charge in [0.15, 0.2) is 29.6 Å². The number of nitrogens with one attached hydrogen (secondary N) is 1. The Morgan fingerprint density at radius 1 is 0.656 bits per heavy atom. The van der Waals surface area contributed by atoms with Crippen molar-refractivity contribution < 1.29 is 52.3 Å². The maximum Gasteiger partial charge on any atom is 0.332 e. The first-order chi connectivity index (χ1) is 31.3. The minimum Gasteiger partial charge on any atom is -0.461 e. The molecule has 0 aromatic carbocycles. The zero-order valence-corrected chi connectivity index (χ0v) is 39.3. The van der Waals surface area contributed by atoms with E-state index in [-0.39, 0.29) is 56.4 Å². The van der Waals surface area contributed by atoms with Gasteiger partial charge < -0.3 is 43.6 Å². The molecule has 1 aliphatic heterocycles. The molecule has 3 heterocycles. The van der Waals surface area contributed by atoms with E-state index in [0.717, 1.165) is 38.5 Å². The van der Waals surface area contributed by atoms with Crippen LogP contribution in [-0.2, 0) is 52.3 Å². The summed E-state index contributed by atoms with van der Waals surface area (Å²) < 4.78 is 46.8. The van der Waals surface area contributed by atoms with E-state index in [1.165, 1.54) is 101 Å². The lowest BCUT2D eigenvalue weighted by atomic mass is 10.1. The maximum absolute atomic E-state index is 13.5. The molecule has 0 saturated carbocycles. The van der Waals surface area contributed by atoms with Gasteiger partial charge in [0, 0.05) is 20.0 Å². The van der Waals surface area contributed by atoms with Crippen LogP contribution in [0.1, 0.15) is 174 Å². The summed E-state index contributed by atoms with van der Waals surface area (Å²) in [6.45, 7) is 5.88. The molecule has 0 aliphatic carbocycles. The van der Waals surface area contributed by atoms with Crippen LogP contribution < -0.4 is 11.3 Å². The topological polar surface area (TPSA) is 215 Å². The molecule has 0 radical (unpaired) electrons. The van der Waals surface area contributed by atoms with Crippen molar-refractivity contribution in [3.63, 3.8) is 0 Å². The number of carbonyl (C=O) groups is 3. The van der Waals surface area contributed by atoms with E-state index < -0.39 is 48.0 Å². The fourth-order valence-corrected chi connectivity index (χ4v) is 7.71. The molecule has 3 rings (SSSR count). The molecule has 64 heavy (non-hydrogen) atoms. The number of carbonyl (C=O) groups excluding carboxylic acids is 3. The largest absolute Gasteiger partial charge is 0.461 e. The van der Waals surface area contributed by atoms with Crippen molar-refractivity contribution in [2.24, 2.45) is 0 Å². The van der Waals surface area contributed by atoms with Gasteiger partial charge in [0.05, 0.1) is 46.0 Å². The van der Waals surface area contributed by atoms with Crippen LogP contribution in [0.2, 0.25) is 0 Å². The third-order valence-electron chi connectivity index (χ3n) is 11.3. The van der Waals surface area contributed by atoms with Crippen LogP contribution in [-0.4, -0.2) is 116 Å². The first-order valence-corrected chi connectivity index (χ1v) is 24.4. The van der Waals surface area contributed by atoms with Crippen LogP contribution in [0.4, 0.5) is 5.95 Å². The number of hydrogen-bond donors (Lipinski definition) is 2. The number of esters is 3. The van der Waals surface area contributed by atoms with E-state index in [4.69, 9.17) is 43.6 Å². The zero-order valence-electron chi connectivity index (χ0n) is 39.3. The highest BCUT2D eigenvalue weighted by atomic mass is 16.7. The van der Waals surface area contributed by atoms with Gasteiger partial charge in [-0.15, -0.1) is 0 Å². The SMILES string of the molecule is CCCCCCCCCCCCCC(=O)O[C@@H]1[C@H](OC(=O)CCCCCCCCCCCCC)[C@@H](COC(=O)COCCOCCOCCOC)O[C@H]1n1cnc2c(=O)[nH]c(N)nc21. The molecule has 1 aliphatic rings. The lowest BCUT2D eigenvalue weighted by molar-refractivity contribution is -0.169. The van der Waals surface area contributed by atoms with Crippen LogP contribution in [0.5, 0.6) is 0 Å². The summed E-state index contributed by atoms with van der Waals surface area (Å²) in [5.74, 6) is -1.82. The van der Waals surface area contributed by atoms with E-state index >= 15 is 0 Å². The van der Waals surface area contributed by atoms with E-state index in [9.17, 15) is 19.2 Å². The van der Waals surface area contributed by atoms with Gasteiger partial charge in [0.25, 0.3) is 5.56 Å². The highest BCUT2D eigenvalue weighted by molar-refractivity contribution is 5.72. The predicted molar refractivity (Wildman–Crippen MR) is 244 cm³/mol. The molecule has 0 unspecified atom stereocenters. The molecule has 0 spiro atoms. The summed E-state index contributed by atoms with van der Waals surface area (Å²) in [5, 5.41) is 0. The number of rotatable bonds is 40. The number of unbranched alkanes of at least 4 members (excludes halogenated alkanes) is 20. The van der Waals surface area contributed by atoms with E-state index in [1.807, 2.05) is 0 Å². The molecular weight excluding hydrogens is 827 g/mol. The smallest absolute Gasteiger partial charge is 0.332 e. The fraction of sp³-hybridized carbons (Fsp3) is 0.830. The first kappa shape index (κ1) is 54.7. The number of hydrogen-bond acceptors (Lipinski definition) is 15. The summed E-state index contributed by atoms with van der Waals surface area (Å²) in [6.07, 6.45) is 22.0. The summed E-state index contributed by atoms with van der Waals surface area (Å²) in [4.78, 5) is 63.6. The lowest BCUT2D eigenvalue weighted by Crippen LogP contribution is -2.41. The third kappa shape index (κ3) is 22.5. The van der Waals surface area contributed by atoms with E-state index in [2.05, 4.69) is 28.8 Å². The second-order valence-electron chi connectivity index (χ2n) is 16.8. The summed E-state index contributed by atoms with van der Waals surface area (Å²) in [6, 6.07) is 0. The lowest BCUT2D eigenvalue weighted by Gasteiger charge is -2.25. The van der Waals surface area contributed by atoms with Crippen molar-refractivity contribution in [2.75, 3.05) is 65.7 Å². The molecule has 4 atom stereocenters. The number of aromatic amines is 1. The Labute approximate surface area is 380 Å². The molecule has 366 valence electrons. The van der Waals surface area contributed by atoms with Gasteiger partial charge in [-0.25, -0.2) is 9.78 Å². The maximum atomic E-state index is 13.5. The predicted octanol–water partition coefficient (Wildman–Crippen LogP) is 8.06. The molecular formula is C47H81N5O12. The second-order valence-corrected chi connectivity index (χ2v) is 16.8. The Morgan fingerprint density at radius 2 is 1.12 bits per heavy atom. The second kappa shape index (κ2) is 34.7. The minimum atomic E-state index is -1.20. The molecule has 3 N–H and O–H groups in total. The normalized spacial score (nSPS) is 17.3. The van der Waals surface area contributed by atoms with E-state index in [0.29, 0.717) is 39.3 Å². The quantitative estimate of drug-likeness (QED) is 0.0367. The number of anilines is 1. The van der Waals surface area contributed by atoms with Gasteiger partial charge >= 0.3 is 17.9 Å². The number of ether oxygens (including phenoxy) is 8. The van der Waals surface area contributed by atoms with Crippen molar-refractivity contribution in [3.05, 3.63) is 16.7 Å². The Kier molecular flexibility index (Phi) is 29.6. The van der Waals surface area contributed by atoms with Gasteiger partial charge in [-0.3, -0.25) is 23.9 Å². The molecule has 2 aromatic heterocycles. The van der Waals surface area contributed by atoms with Crippen LogP contribution >= 0.6 is 0 Å². The van der Waals surface area contributed by atoms with Crippen LogP contribution in [0.15, 0.2) is 11.1 Å². The van der Waals surface area contributed by atoms with Gasteiger partial charge in [0.1, 0.15) is 19.3 Å². The average Bonchev–Trinajstić information content (AvgIpc) is 3.85. The van der Waals surface area contributed by atoms with Crippen molar-refractivity contribution in [2.45, 2.75) is 192 Å². The summed E-state index contributed by atoms with van der Waals surface area (Å²) in [7, 11) is 1.60. The van der Waals surface area contributed by atoms with Crippen LogP contribution in [0.3, 0.4) is 0 Å². The molecule has 17 nitrogen and oxygen atoms in total. The Hall–Kier alpha value is -3.64. The zero-order chi connectivity index (χ0) is 46.0. The van der Waals surface area contributed by atoms with Crippen molar-refractivity contribution >= 4 is 35.0 Å². The number of nitrogen functional groups attached to an aromatic ring is 1. The number of imidazole rings is 1. The number of fused-ring (bicyclic) bond motifs is 1. The Bertz CT molecular complexity index is 1610. The number of aromatic nitrogens is 4. The van der Waals surface area contributed by atoms with Crippen molar-refractivity contribution in [1.29, 1.82) is 0 Å². The summed E-state index contributed by atoms with van der Waals surface area (Å²) in [5.41, 5.74) is 5.43. The summed E-state index contributed by atoms with van der Waals surface area (Å²) >= 11 is 0. The number of nitrogens with two attached hydrogens (primary N) is 1. The first-order valence-electron chi connectivity index (χ1n) is 24.4. The average molecular weight is 908 g/mol. The molecule has 0 amide bonds. The van der Waals surface area contributed by atoms with Crippen molar-refractivity contribution in [1.82, 2.24) is 19.5 Å². The highest BCUT2D eigenvalue weighted by Crippen LogP contribution is 2.36. The van der Waals surface area contributed by atoms with Crippen LogP contribution in [0.25, 0.3) is 11.2 Å². The number of methoxy groups -OCH3 is 1. The van der Waals surface area contributed by atoms with Gasteiger partial charge in [-0.2, -0.15) is 4.98 Å². The minimum absolute atomic E-state index is 0.0106. The van der Waals surface area contributed by atoms with Gasteiger partial charge in [-0.1, -0.05) is 142 Å². The molecule has 1 fully saturated rings. The number of H-pyrrole nitrogens is 1. The van der Waals surface area contributed by atoms with Crippen LogP contribution in [0, 0.1) is 0 Å². The molecule has 0 bridgehead atoms. The van der Waals surface area contributed by atoms with Gasteiger partial charge in [0.2, 0.25) is 5.95 Å². The fourth-order valence-electron chi connectivity index (χ4n) is 7.71. The standard InChI is InChI=1S/C47H81N5O12/c1-4-6-8-10-12-14-16-18-20-22-24-26-38(53)63-42-37(34-61-40(55)35-60-33-32-59-31-30-58-29-28-57-3)62-46(52-36-49-41-44(52)50-47(48)51-45(41)56)43(42)64-39(54)27-25-23-21-19-17-15-13-11-9-7-5-2/h36-37,42-43,46H,4-35H2,1-3H3,(H3,48,50,51,56)/t37-,42-,43-,46-/m1/s1. The third-order valence-corrected chi connectivity index (χ3v) is 11.3. The van der Waals surface area contributed by atoms with Gasteiger partial charge in [-0.05, 0) is 12.8 Å². The molecule has 1 saturated heterocycles. The van der Waals surface area contributed by atoms with Crippen molar-refractivity contribution in [3.8, 4) is 0 Å². The Balaban J connectivity index is 1.65. The highest BCUT2D eigenvalue weighted by Gasteiger charge is 2.51. The van der Waals surface area contributed by atoms with E-state index in [1.54, 1.807) is 7.11 Å². The molecule has 17 heteroatoms. The molecule has 2 aromatic rings. The Morgan fingerprint density at radius 3 is 1.64 bits per heavy atom. The number of nitrogens with zero attached hydrogens (tertiary/aromatic N) is 3.